The molecule has 0 bridgehead atoms. The molecule has 6 nitrogen and oxygen atoms in total. The number of carbonyl (C=O) groups excluding carboxylic acids is 2. The minimum Gasteiger partial charge on any atom is -0.491 e. The number of amides is 2. The average Bonchev–Trinajstić information content (AvgIpc) is 2.61. The number of ether oxygens (including phenoxy) is 1. The van der Waals surface area contributed by atoms with Crippen molar-refractivity contribution in [2.45, 2.75) is 26.9 Å². The van der Waals surface area contributed by atoms with Gasteiger partial charge >= 0.3 is 0 Å². The predicted molar refractivity (Wildman–Crippen MR) is 104 cm³/mol. The largest absolute Gasteiger partial charge is 0.491 e. The van der Waals surface area contributed by atoms with Gasteiger partial charge < -0.3 is 20.7 Å². The molecule has 26 heavy (non-hydrogen) atoms. The number of carbonyl (C=O) groups is 2. The van der Waals surface area contributed by atoms with Crippen molar-refractivity contribution >= 4 is 23.2 Å². The molecule has 0 aliphatic rings. The Hall–Kier alpha value is -3.02. The molecule has 0 saturated carbocycles. The second-order valence-electron chi connectivity index (χ2n) is 6.03. The highest BCUT2D eigenvalue weighted by Crippen LogP contribution is 2.17. The zero-order valence-corrected chi connectivity index (χ0v) is 15.3. The summed E-state index contributed by atoms with van der Waals surface area (Å²) in [4.78, 5) is 23.7. The number of nitrogens with one attached hydrogen (secondary N) is 3. The Balaban J connectivity index is 1.82. The molecule has 0 fully saturated rings. The van der Waals surface area contributed by atoms with Gasteiger partial charge in [0.05, 0.1) is 12.6 Å². The summed E-state index contributed by atoms with van der Waals surface area (Å²) in [5.41, 5.74) is 2.04. The normalized spacial score (nSPS) is 10.3. The summed E-state index contributed by atoms with van der Waals surface area (Å²) in [6.45, 7) is 6.53. The van der Waals surface area contributed by atoms with Gasteiger partial charge in [0, 0.05) is 23.5 Å². The number of hydrogen-bond acceptors (Lipinski definition) is 4. The van der Waals surface area contributed by atoms with Crippen molar-refractivity contribution in [3.05, 3.63) is 54.1 Å². The van der Waals surface area contributed by atoms with E-state index in [1.165, 1.54) is 0 Å². The van der Waals surface area contributed by atoms with Gasteiger partial charge in [-0.15, -0.1) is 0 Å². The first kappa shape index (κ1) is 19.3. The van der Waals surface area contributed by atoms with Crippen LogP contribution in [0.5, 0.6) is 5.75 Å². The second kappa shape index (κ2) is 9.46. The van der Waals surface area contributed by atoms with E-state index >= 15 is 0 Å². The molecule has 0 aliphatic carbocycles. The fourth-order valence-electron chi connectivity index (χ4n) is 2.28. The lowest BCUT2D eigenvalue weighted by Gasteiger charge is -2.11. The van der Waals surface area contributed by atoms with Crippen molar-refractivity contribution in [1.82, 2.24) is 5.32 Å². The van der Waals surface area contributed by atoms with Crippen LogP contribution in [0.25, 0.3) is 0 Å². The summed E-state index contributed by atoms with van der Waals surface area (Å²) >= 11 is 0. The van der Waals surface area contributed by atoms with Crippen molar-refractivity contribution in [3.8, 4) is 5.75 Å². The highest BCUT2D eigenvalue weighted by Gasteiger charge is 2.06. The van der Waals surface area contributed by atoms with Gasteiger partial charge in [-0.2, -0.15) is 0 Å². The minimum atomic E-state index is -0.168. The average molecular weight is 355 g/mol. The van der Waals surface area contributed by atoms with Crippen LogP contribution >= 0.6 is 0 Å². The first-order valence-corrected chi connectivity index (χ1v) is 8.66. The number of rotatable bonds is 8. The predicted octanol–water partition coefficient (Wildman–Crippen LogP) is 3.27. The van der Waals surface area contributed by atoms with Crippen LogP contribution < -0.4 is 20.7 Å². The van der Waals surface area contributed by atoms with E-state index in [9.17, 15) is 9.59 Å². The third kappa shape index (κ3) is 6.12. The molecular weight excluding hydrogens is 330 g/mol. The molecule has 6 heteroatoms. The van der Waals surface area contributed by atoms with Crippen molar-refractivity contribution in [2.75, 3.05) is 23.7 Å². The van der Waals surface area contributed by atoms with Crippen LogP contribution in [-0.2, 0) is 4.79 Å². The maximum atomic E-state index is 12.0. The molecule has 0 aromatic heterocycles. The Morgan fingerprint density at radius 3 is 2.15 bits per heavy atom. The van der Waals surface area contributed by atoms with Crippen molar-refractivity contribution in [1.29, 1.82) is 0 Å². The van der Waals surface area contributed by atoms with Gasteiger partial charge in [0.2, 0.25) is 5.91 Å². The summed E-state index contributed by atoms with van der Waals surface area (Å²) in [6.07, 6.45) is 0.124. The van der Waals surface area contributed by atoms with Crippen LogP contribution in [0, 0.1) is 0 Å². The summed E-state index contributed by atoms with van der Waals surface area (Å²) < 4.78 is 5.58. The standard InChI is InChI=1S/C20H25N3O3/c1-4-21-20(25)15-5-7-17(8-6-15)23-19(24)13-22-16-9-11-18(12-10-16)26-14(2)3/h5-12,14,22H,4,13H2,1-3H3,(H,21,25)(H,23,24). The first-order valence-electron chi connectivity index (χ1n) is 8.66. The van der Waals surface area contributed by atoms with Gasteiger partial charge in [0.1, 0.15) is 5.75 Å². The number of hydrogen-bond donors (Lipinski definition) is 3. The molecule has 138 valence electrons. The Morgan fingerprint density at radius 2 is 1.58 bits per heavy atom. The van der Waals surface area contributed by atoms with Crippen LogP contribution in [0.1, 0.15) is 31.1 Å². The second-order valence-corrected chi connectivity index (χ2v) is 6.03. The Kier molecular flexibility index (Phi) is 7.02. The lowest BCUT2D eigenvalue weighted by molar-refractivity contribution is -0.114. The van der Waals surface area contributed by atoms with E-state index in [0.29, 0.717) is 17.8 Å². The van der Waals surface area contributed by atoms with E-state index in [-0.39, 0.29) is 24.5 Å². The van der Waals surface area contributed by atoms with E-state index < -0.39 is 0 Å². The zero-order valence-electron chi connectivity index (χ0n) is 15.3. The highest BCUT2D eigenvalue weighted by atomic mass is 16.5. The minimum absolute atomic E-state index is 0.124. The third-order valence-corrected chi connectivity index (χ3v) is 3.45. The molecule has 0 radical (unpaired) electrons. The first-order chi connectivity index (χ1) is 12.5. The number of anilines is 2. The molecule has 0 unspecified atom stereocenters. The van der Waals surface area contributed by atoms with Crippen LogP contribution in [0.2, 0.25) is 0 Å². The van der Waals surface area contributed by atoms with Gasteiger partial charge in [-0.25, -0.2) is 0 Å². The monoisotopic (exact) mass is 355 g/mol. The summed E-state index contributed by atoms with van der Waals surface area (Å²) in [7, 11) is 0. The fraction of sp³-hybridized carbons (Fsp3) is 0.300. The van der Waals surface area contributed by atoms with E-state index in [4.69, 9.17) is 4.74 Å². The summed E-state index contributed by atoms with van der Waals surface area (Å²) in [5, 5.41) is 8.58. The molecule has 2 amide bonds. The molecule has 2 aromatic rings. The molecular formula is C20H25N3O3. The topological polar surface area (TPSA) is 79.5 Å². The molecule has 0 spiro atoms. The molecule has 3 N–H and O–H groups in total. The SMILES string of the molecule is CCNC(=O)c1ccc(NC(=O)CNc2ccc(OC(C)C)cc2)cc1. The quantitative estimate of drug-likeness (QED) is 0.679. The lowest BCUT2D eigenvalue weighted by Crippen LogP contribution is -2.23. The van der Waals surface area contributed by atoms with Gasteiger partial charge in [-0.1, -0.05) is 0 Å². The van der Waals surface area contributed by atoms with Crippen LogP contribution in [0.3, 0.4) is 0 Å². The van der Waals surface area contributed by atoms with Crippen molar-refractivity contribution in [3.63, 3.8) is 0 Å². The van der Waals surface area contributed by atoms with Gasteiger partial charge in [0.15, 0.2) is 0 Å². The molecule has 2 aromatic carbocycles. The van der Waals surface area contributed by atoms with E-state index in [2.05, 4.69) is 16.0 Å². The summed E-state index contributed by atoms with van der Waals surface area (Å²) in [5.74, 6) is 0.498. The van der Waals surface area contributed by atoms with Gasteiger partial charge in [0.25, 0.3) is 5.91 Å². The molecule has 0 heterocycles. The molecule has 0 atom stereocenters. The molecule has 0 saturated heterocycles. The Bertz CT molecular complexity index is 725. The molecule has 2 rings (SSSR count). The van der Waals surface area contributed by atoms with Gasteiger partial charge in [-0.3, -0.25) is 9.59 Å². The van der Waals surface area contributed by atoms with Crippen LogP contribution in [-0.4, -0.2) is 31.0 Å². The highest BCUT2D eigenvalue weighted by molar-refractivity contribution is 5.96. The van der Waals surface area contributed by atoms with Crippen molar-refractivity contribution in [2.24, 2.45) is 0 Å². The smallest absolute Gasteiger partial charge is 0.251 e. The summed E-state index contributed by atoms with van der Waals surface area (Å²) in [6, 6.07) is 14.2. The van der Waals surface area contributed by atoms with Crippen LogP contribution in [0.15, 0.2) is 48.5 Å². The Morgan fingerprint density at radius 1 is 0.962 bits per heavy atom. The van der Waals surface area contributed by atoms with Crippen LogP contribution in [0.4, 0.5) is 11.4 Å². The molecule has 0 aliphatic heterocycles. The van der Waals surface area contributed by atoms with E-state index in [1.807, 2.05) is 45.0 Å². The lowest BCUT2D eigenvalue weighted by atomic mass is 10.2. The maximum absolute atomic E-state index is 12.0. The third-order valence-electron chi connectivity index (χ3n) is 3.45. The maximum Gasteiger partial charge on any atom is 0.251 e. The Labute approximate surface area is 153 Å². The zero-order chi connectivity index (χ0) is 18.9. The van der Waals surface area contributed by atoms with Gasteiger partial charge in [-0.05, 0) is 69.3 Å². The fourth-order valence-corrected chi connectivity index (χ4v) is 2.28. The van der Waals surface area contributed by atoms with Crippen molar-refractivity contribution < 1.29 is 14.3 Å². The van der Waals surface area contributed by atoms with E-state index in [1.54, 1.807) is 24.3 Å². The van der Waals surface area contributed by atoms with E-state index in [0.717, 1.165) is 11.4 Å². The number of benzene rings is 2.